The molecule has 1 unspecified atom stereocenters. The van der Waals surface area contributed by atoms with Crippen molar-refractivity contribution in [1.29, 1.82) is 5.26 Å². The van der Waals surface area contributed by atoms with Gasteiger partial charge in [-0.3, -0.25) is 0 Å². The zero-order valence-corrected chi connectivity index (χ0v) is 10.8. The first-order valence-corrected chi connectivity index (χ1v) is 6.47. The molecule has 0 N–H and O–H groups in total. The third-order valence-electron chi connectivity index (χ3n) is 3.36. The van der Waals surface area contributed by atoms with E-state index < -0.39 is 0 Å². The molecule has 2 aromatic rings. The van der Waals surface area contributed by atoms with Crippen molar-refractivity contribution in [2.45, 2.75) is 25.5 Å². The molecule has 3 rings (SSSR count). The van der Waals surface area contributed by atoms with Crippen molar-refractivity contribution in [3.05, 3.63) is 47.0 Å². The van der Waals surface area contributed by atoms with E-state index in [9.17, 15) is 4.39 Å². The van der Waals surface area contributed by atoms with E-state index >= 15 is 0 Å². The lowest BCUT2D eigenvalue weighted by molar-refractivity contribution is 0.104. The van der Waals surface area contributed by atoms with Gasteiger partial charge >= 0.3 is 0 Å². The van der Waals surface area contributed by atoms with Crippen molar-refractivity contribution < 1.29 is 9.13 Å². The zero-order valence-electron chi connectivity index (χ0n) is 10.8. The summed E-state index contributed by atoms with van der Waals surface area (Å²) in [6.07, 6.45) is 1.71. The molecule has 20 heavy (non-hydrogen) atoms. The molecule has 1 aliphatic rings. The molecule has 1 aromatic carbocycles. The Balaban J connectivity index is 1.91. The van der Waals surface area contributed by atoms with Gasteiger partial charge in [0.15, 0.2) is 5.69 Å². The summed E-state index contributed by atoms with van der Waals surface area (Å²) in [7, 11) is 0. The summed E-state index contributed by atoms with van der Waals surface area (Å²) >= 11 is 0. The van der Waals surface area contributed by atoms with Crippen LogP contribution in [0.3, 0.4) is 0 Å². The molecule has 0 saturated carbocycles. The Morgan fingerprint density at radius 1 is 1.40 bits per heavy atom. The molecule has 1 aromatic heterocycles. The molecule has 5 nitrogen and oxygen atoms in total. The van der Waals surface area contributed by atoms with Crippen molar-refractivity contribution in [1.82, 2.24) is 15.0 Å². The number of halogens is 1. The van der Waals surface area contributed by atoms with Gasteiger partial charge in [-0.2, -0.15) is 5.26 Å². The minimum absolute atomic E-state index is 0.125. The predicted octanol–water partition coefficient (Wildman–Crippen LogP) is 2.19. The molecular formula is C14H13FN4O. The maximum absolute atomic E-state index is 12.9. The van der Waals surface area contributed by atoms with E-state index in [0.29, 0.717) is 24.5 Å². The van der Waals surface area contributed by atoms with Crippen LogP contribution in [0.2, 0.25) is 0 Å². The first-order valence-electron chi connectivity index (χ1n) is 6.47. The number of benzene rings is 1. The Hall–Kier alpha value is -2.26. The minimum atomic E-state index is -0.274. The van der Waals surface area contributed by atoms with Crippen LogP contribution >= 0.6 is 0 Å². The fourth-order valence-electron chi connectivity index (χ4n) is 2.39. The molecule has 1 atom stereocenters. The SMILES string of the molecule is N#Cc1nnn(Cc2ccc(F)cc2)c1C1CCCO1. The third-order valence-corrected chi connectivity index (χ3v) is 3.36. The maximum Gasteiger partial charge on any atom is 0.188 e. The van der Waals surface area contributed by atoms with Crippen LogP contribution in [-0.2, 0) is 11.3 Å². The van der Waals surface area contributed by atoms with Gasteiger partial charge in [0.2, 0.25) is 0 Å². The minimum Gasteiger partial charge on any atom is -0.372 e. The zero-order chi connectivity index (χ0) is 13.9. The Kier molecular flexibility index (Phi) is 3.44. The summed E-state index contributed by atoms with van der Waals surface area (Å²) in [5.74, 6) is -0.274. The van der Waals surface area contributed by atoms with Crippen LogP contribution in [0.1, 0.15) is 35.9 Å². The fourth-order valence-corrected chi connectivity index (χ4v) is 2.39. The Morgan fingerprint density at radius 3 is 2.85 bits per heavy atom. The normalized spacial score (nSPS) is 18.1. The van der Waals surface area contributed by atoms with Gasteiger partial charge in [-0.05, 0) is 30.5 Å². The molecule has 1 saturated heterocycles. The summed E-state index contributed by atoms with van der Waals surface area (Å²) in [5.41, 5.74) is 1.92. The smallest absolute Gasteiger partial charge is 0.188 e. The lowest BCUT2D eigenvalue weighted by atomic mass is 10.1. The molecule has 0 bridgehead atoms. The number of hydrogen-bond acceptors (Lipinski definition) is 4. The largest absolute Gasteiger partial charge is 0.372 e. The highest BCUT2D eigenvalue weighted by Crippen LogP contribution is 2.30. The summed E-state index contributed by atoms with van der Waals surface area (Å²) in [6, 6.07) is 8.26. The fraction of sp³-hybridized carbons (Fsp3) is 0.357. The second kappa shape index (κ2) is 5.39. The van der Waals surface area contributed by atoms with Gasteiger partial charge in [0, 0.05) is 6.61 Å². The van der Waals surface area contributed by atoms with Gasteiger partial charge in [-0.15, -0.1) is 5.10 Å². The summed E-state index contributed by atoms with van der Waals surface area (Å²) < 4.78 is 20.2. The van der Waals surface area contributed by atoms with Gasteiger partial charge in [0.25, 0.3) is 0 Å². The molecule has 0 amide bonds. The lowest BCUT2D eigenvalue weighted by Gasteiger charge is -2.12. The van der Waals surface area contributed by atoms with E-state index in [1.54, 1.807) is 16.8 Å². The van der Waals surface area contributed by atoms with Crippen LogP contribution in [0.5, 0.6) is 0 Å². The van der Waals surface area contributed by atoms with Crippen molar-refractivity contribution in [3.8, 4) is 6.07 Å². The van der Waals surface area contributed by atoms with E-state index in [-0.39, 0.29) is 11.9 Å². The highest BCUT2D eigenvalue weighted by atomic mass is 19.1. The van der Waals surface area contributed by atoms with Gasteiger partial charge in [0.1, 0.15) is 23.7 Å². The van der Waals surface area contributed by atoms with Crippen molar-refractivity contribution in [2.75, 3.05) is 6.61 Å². The van der Waals surface area contributed by atoms with Crippen LogP contribution in [0.4, 0.5) is 4.39 Å². The molecule has 0 aliphatic carbocycles. The summed E-state index contributed by atoms with van der Waals surface area (Å²) in [6.45, 7) is 1.14. The summed E-state index contributed by atoms with van der Waals surface area (Å²) in [5, 5.41) is 17.0. The Morgan fingerprint density at radius 2 is 2.20 bits per heavy atom. The third kappa shape index (κ3) is 2.40. The van der Waals surface area contributed by atoms with E-state index in [1.807, 2.05) is 0 Å². The average Bonchev–Trinajstić information content (AvgIpc) is 3.10. The number of nitriles is 1. The van der Waals surface area contributed by atoms with Gasteiger partial charge in [0.05, 0.1) is 6.54 Å². The Bertz CT molecular complexity index is 638. The first-order chi connectivity index (χ1) is 9.78. The van der Waals surface area contributed by atoms with Crippen molar-refractivity contribution >= 4 is 0 Å². The average molecular weight is 272 g/mol. The summed E-state index contributed by atoms with van der Waals surface area (Å²) in [4.78, 5) is 0. The van der Waals surface area contributed by atoms with Crippen molar-refractivity contribution in [2.24, 2.45) is 0 Å². The van der Waals surface area contributed by atoms with Crippen LogP contribution < -0.4 is 0 Å². The predicted molar refractivity (Wildman–Crippen MR) is 68.2 cm³/mol. The molecule has 0 spiro atoms. The molecule has 6 heteroatoms. The Labute approximate surface area is 115 Å². The van der Waals surface area contributed by atoms with E-state index in [2.05, 4.69) is 16.4 Å². The van der Waals surface area contributed by atoms with E-state index in [4.69, 9.17) is 10.00 Å². The number of rotatable bonds is 3. The highest BCUT2D eigenvalue weighted by Gasteiger charge is 2.26. The molecule has 0 radical (unpaired) electrons. The molecular weight excluding hydrogens is 259 g/mol. The number of nitrogens with zero attached hydrogens (tertiary/aromatic N) is 4. The lowest BCUT2D eigenvalue weighted by Crippen LogP contribution is -2.11. The second-order valence-corrected chi connectivity index (χ2v) is 4.72. The van der Waals surface area contributed by atoms with Crippen LogP contribution in [0, 0.1) is 17.1 Å². The topological polar surface area (TPSA) is 63.7 Å². The molecule has 2 heterocycles. The van der Waals surface area contributed by atoms with E-state index in [0.717, 1.165) is 18.4 Å². The van der Waals surface area contributed by atoms with E-state index in [1.165, 1.54) is 12.1 Å². The molecule has 1 aliphatic heterocycles. The quantitative estimate of drug-likeness (QED) is 0.859. The molecule has 102 valence electrons. The standard InChI is InChI=1S/C14H13FN4O/c15-11-5-3-10(4-6-11)9-19-14(12(8-16)17-18-19)13-2-1-7-20-13/h3-6,13H,1-2,7,9H2. The number of hydrogen-bond donors (Lipinski definition) is 0. The van der Waals surface area contributed by atoms with Crippen molar-refractivity contribution in [3.63, 3.8) is 0 Å². The molecule has 1 fully saturated rings. The van der Waals surface area contributed by atoms with Crippen LogP contribution in [0.15, 0.2) is 24.3 Å². The van der Waals surface area contributed by atoms with Crippen LogP contribution in [0.25, 0.3) is 0 Å². The maximum atomic E-state index is 12.9. The van der Waals surface area contributed by atoms with Gasteiger partial charge in [-0.1, -0.05) is 17.3 Å². The second-order valence-electron chi connectivity index (χ2n) is 4.72. The number of ether oxygens (including phenoxy) is 1. The number of aromatic nitrogens is 3. The monoisotopic (exact) mass is 272 g/mol. The van der Waals surface area contributed by atoms with Crippen LogP contribution in [-0.4, -0.2) is 21.6 Å². The first kappa shape index (κ1) is 12.8. The van der Waals surface area contributed by atoms with Gasteiger partial charge < -0.3 is 4.74 Å². The van der Waals surface area contributed by atoms with Gasteiger partial charge in [-0.25, -0.2) is 9.07 Å². The highest BCUT2D eigenvalue weighted by molar-refractivity contribution is 5.28.